The first kappa shape index (κ1) is 28.6. The molecule has 2 aromatic heterocycles. The second kappa shape index (κ2) is 11.5. The highest BCUT2D eigenvalue weighted by molar-refractivity contribution is 5.88. The SMILES string of the molecule is CCC(=O)CCCCC[C@H](c1ncc(-c2cc3ccccc3nc2OC)[nH]1)C1(C(N)=O)CC12CCN(C(N)=O)CC2. The number of para-hydroxylation sites is 1. The Morgan fingerprint density at radius 1 is 1.12 bits per heavy atom. The Labute approximate surface area is 240 Å². The number of urea groups is 1. The molecule has 3 heterocycles. The fraction of sp³-hybridized carbons (Fsp3) is 0.516. The van der Waals surface area contributed by atoms with Gasteiger partial charge in [0.2, 0.25) is 11.8 Å². The smallest absolute Gasteiger partial charge is 0.314 e. The van der Waals surface area contributed by atoms with Crippen LogP contribution in [0.1, 0.15) is 76.5 Å². The maximum Gasteiger partial charge on any atom is 0.314 e. The molecule has 3 amide bonds. The molecule has 1 saturated carbocycles. The zero-order chi connectivity index (χ0) is 29.2. The Morgan fingerprint density at radius 2 is 1.88 bits per heavy atom. The van der Waals surface area contributed by atoms with Crippen LogP contribution in [0.4, 0.5) is 4.79 Å². The Balaban J connectivity index is 1.46. The lowest BCUT2D eigenvalue weighted by atomic mass is 9.74. The van der Waals surface area contributed by atoms with Crippen molar-refractivity contribution in [3.05, 3.63) is 42.4 Å². The molecule has 10 nitrogen and oxygen atoms in total. The number of ether oxygens (including phenoxy) is 1. The summed E-state index contributed by atoms with van der Waals surface area (Å²) in [6, 6.07) is 9.45. The minimum absolute atomic E-state index is 0.227. The van der Waals surface area contributed by atoms with E-state index in [9.17, 15) is 14.4 Å². The number of pyridine rings is 1. The third kappa shape index (κ3) is 5.27. The third-order valence-corrected chi connectivity index (χ3v) is 9.45. The van der Waals surface area contributed by atoms with Crippen molar-refractivity contribution in [2.24, 2.45) is 22.3 Å². The number of benzene rings is 1. The Bertz CT molecular complexity index is 1440. The van der Waals surface area contributed by atoms with E-state index < -0.39 is 11.4 Å². The summed E-state index contributed by atoms with van der Waals surface area (Å²) in [5.41, 5.74) is 13.1. The van der Waals surface area contributed by atoms with Crippen LogP contribution in [0.5, 0.6) is 5.88 Å². The van der Waals surface area contributed by atoms with Gasteiger partial charge in [-0.05, 0) is 49.7 Å². The predicted molar refractivity (Wildman–Crippen MR) is 156 cm³/mol. The van der Waals surface area contributed by atoms with Gasteiger partial charge in [0.25, 0.3) is 0 Å². The number of nitrogens with zero attached hydrogens (tertiary/aromatic N) is 3. The largest absolute Gasteiger partial charge is 0.480 e. The quantitative estimate of drug-likeness (QED) is 0.273. The van der Waals surface area contributed by atoms with Gasteiger partial charge in [-0.1, -0.05) is 38.0 Å². The summed E-state index contributed by atoms with van der Waals surface area (Å²) < 4.78 is 5.63. The Hall–Kier alpha value is -3.95. The zero-order valence-corrected chi connectivity index (χ0v) is 23.9. The number of rotatable bonds is 12. The standard InChI is InChI=1S/C31H40N6O4/c1-3-21(38)10-5-4-6-11-23(31(28(32)39)19-30(31)13-15-37(16-14-30)29(33)40)26-34-18-25(35-26)22-17-20-9-7-8-12-24(20)36-27(22)41-2/h7-9,12,17-18,23H,3-6,10-11,13-16,19H2,1-2H3,(H2,32,39)(H2,33,40)(H,34,35)/t23-,31?/m1/s1. The van der Waals surface area contributed by atoms with Crippen LogP contribution in [-0.4, -0.2) is 57.8 Å². The maximum atomic E-state index is 13.3. The summed E-state index contributed by atoms with van der Waals surface area (Å²) in [4.78, 5) is 51.6. The van der Waals surface area contributed by atoms with E-state index in [4.69, 9.17) is 21.2 Å². The number of fused-ring (bicyclic) bond motifs is 1. The molecule has 1 aromatic carbocycles. The molecular formula is C31H40N6O4. The fourth-order valence-corrected chi connectivity index (χ4v) is 7.02. The number of nitrogens with one attached hydrogen (secondary N) is 1. The molecule has 1 spiro atoms. The van der Waals surface area contributed by atoms with Crippen molar-refractivity contribution in [2.45, 2.75) is 70.6 Å². The molecule has 2 aliphatic rings. The van der Waals surface area contributed by atoms with E-state index in [2.05, 4.69) is 9.97 Å². The average molecular weight is 561 g/mol. The van der Waals surface area contributed by atoms with E-state index in [1.807, 2.05) is 37.3 Å². The predicted octanol–water partition coefficient (Wildman–Crippen LogP) is 4.68. The highest BCUT2D eigenvalue weighted by atomic mass is 16.5. The second-order valence-electron chi connectivity index (χ2n) is 11.6. The van der Waals surface area contributed by atoms with Crippen LogP contribution < -0.4 is 16.2 Å². The van der Waals surface area contributed by atoms with Gasteiger partial charge in [-0.2, -0.15) is 0 Å². The number of nitrogens with two attached hydrogens (primary N) is 2. The van der Waals surface area contributed by atoms with Crippen molar-refractivity contribution in [1.29, 1.82) is 0 Å². The molecule has 2 fully saturated rings. The summed E-state index contributed by atoms with van der Waals surface area (Å²) in [6.07, 6.45) is 8.19. The summed E-state index contributed by atoms with van der Waals surface area (Å²) in [5.74, 6) is 0.926. The van der Waals surface area contributed by atoms with E-state index in [-0.39, 0.29) is 23.0 Å². The molecule has 3 aromatic rings. The highest BCUT2D eigenvalue weighted by Gasteiger charge is 2.74. The molecule has 41 heavy (non-hydrogen) atoms. The van der Waals surface area contributed by atoms with Gasteiger partial charge < -0.3 is 26.1 Å². The second-order valence-corrected chi connectivity index (χ2v) is 11.6. The van der Waals surface area contributed by atoms with Crippen molar-refractivity contribution in [2.75, 3.05) is 20.2 Å². The highest BCUT2D eigenvalue weighted by Crippen LogP contribution is 2.74. The number of aromatic nitrogens is 3. The number of piperidine rings is 1. The molecule has 0 bridgehead atoms. The first-order valence-electron chi connectivity index (χ1n) is 14.6. The fourth-order valence-electron chi connectivity index (χ4n) is 7.02. The van der Waals surface area contributed by atoms with E-state index in [0.29, 0.717) is 63.3 Å². The minimum Gasteiger partial charge on any atom is -0.480 e. The lowest BCUT2D eigenvalue weighted by Gasteiger charge is -2.36. The van der Waals surface area contributed by atoms with E-state index in [0.717, 1.165) is 41.4 Å². The van der Waals surface area contributed by atoms with Crippen LogP contribution >= 0.6 is 0 Å². The van der Waals surface area contributed by atoms with Crippen LogP contribution in [0.3, 0.4) is 0 Å². The number of methoxy groups -OCH3 is 1. The number of ketones is 1. The number of amides is 3. The summed E-state index contributed by atoms with van der Waals surface area (Å²) in [5, 5.41) is 0.980. The molecule has 5 N–H and O–H groups in total. The van der Waals surface area contributed by atoms with Gasteiger partial charge in [-0.15, -0.1) is 0 Å². The number of hydrogen-bond donors (Lipinski definition) is 3. The minimum atomic E-state index is -0.767. The van der Waals surface area contributed by atoms with Crippen molar-refractivity contribution in [3.8, 4) is 17.1 Å². The average Bonchev–Trinajstić information content (AvgIpc) is 3.35. The van der Waals surface area contributed by atoms with Gasteiger partial charge >= 0.3 is 6.03 Å². The van der Waals surface area contributed by atoms with Gasteiger partial charge in [-0.25, -0.2) is 14.8 Å². The zero-order valence-electron chi connectivity index (χ0n) is 23.9. The van der Waals surface area contributed by atoms with Crippen LogP contribution in [0.25, 0.3) is 22.2 Å². The third-order valence-electron chi connectivity index (χ3n) is 9.45. The van der Waals surface area contributed by atoms with Gasteiger partial charge in [0.15, 0.2) is 0 Å². The molecule has 2 atom stereocenters. The molecule has 1 aliphatic heterocycles. The Morgan fingerprint density at radius 3 is 2.56 bits per heavy atom. The monoisotopic (exact) mass is 560 g/mol. The first-order valence-corrected chi connectivity index (χ1v) is 14.6. The first-order chi connectivity index (χ1) is 19.7. The lowest BCUT2D eigenvalue weighted by molar-refractivity contribution is -0.126. The van der Waals surface area contributed by atoms with Crippen molar-refractivity contribution >= 4 is 28.6 Å². The number of aromatic amines is 1. The summed E-state index contributed by atoms with van der Waals surface area (Å²) in [6.45, 7) is 2.92. The molecule has 0 radical (unpaired) electrons. The molecule has 218 valence electrons. The molecule has 1 saturated heterocycles. The number of H-pyrrole nitrogens is 1. The number of likely N-dealkylation sites (tertiary alicyclic amines) is 1. The normalized spacial score (nSPS) is 20.2. The summed E-state index contributed by atoms with van der Waals surface area (Å²) >= 11 is 0. The van der Waals surface area contributed by atoms with Crippen molar-refractivity contribution < 1.29 is 19.1 Å². The van der Waals surface area contributed by atoms with Gasteiger partial charge in [-0.3, -0.25) is 9.59 Å². The van der Waals surface area contributed by atoms with Gasteiger partial charge in [0, 0.05) is 37.2 Å². The van der Waals surface area contributed by atoms with Crippen molar-refractivity contribution in [3.63, 3.8) is 0 Å². The molecule has 1 aliphatic carbocycles. The number of hydrogen-bond acceptors (Lipinski definition) is 6. The van der Waals surface area contributed by atoms with Crippen LogP contribution in [-0.2, 0) is 9.59 Å². The van der Waals surface area contributed by atoms with E-state index >= 15 is 0 Å². The lowest BCUT2D eigenvalue weighted by Crippen LogP contribution is -2.45. The van der Waals surface area contributed by atoms with Crippen LogP contribution in [0.15, 0.2) is 36.5 Å². The van der Waals surface area contributed by atoms with Crippen LogP contribution in [0, 0.1) is 10.8 Å². The van der Waals surface area contributed by atoms with Gasteiger partial charge in [0.1, 0.15) is 11.6 Å². The number of unbranched alkanes of at least 4 members (excludes halogenated alkanes) is 2. The number of carbonyl (C=O) groups excluding carboxylic acids is 3. The number of Topliss-reactive ketones (excluding diaryl/α,β-unsaturated/α-hetero) is 1. The summed E-state index contributed by atoms with van der Waals surface area (Å²) in [7, 11) is 1.60. The van der Waals surface area contributed by atoms with E-state index in [1.165, 1.54) is 0 Å². The van der Waals surface area contributed by atoms with E-state index in [1.54, 1.807) is 18.2 Å². The molecule has 1 unspecified atom stereocenters. The number of carbonyl (C=O) groups is 3. The Kier molecular flexibility index (Phi) is 8.02. The molecule has 5 rings (SSSR count). The number of primary amides is 2. The molecular weight excluding hydrogens is 520 g/mol. The van der Waals surface area contributed by atoms with Crippen LogP contribution in [0.2, 0.25) is 0 Å². The topological polar surface area (TPSA) is 157 Å². The maximum absolute atomic E-state index is 13.3. The van der Waals surface area contributed by atoms with Crippen molar-refractivity contribution in [1.82, 2.24) is 19.9 Å². The molecule has 10 heteroatoms. The van der Waals surface area contributed by atoms with Gasteiger partial charge in [0.05, 0.1) is 35.5 Å². The number of imidazole rings is 1.